The topological polar surface area (TPSA) is 129 Å². The van der Waals surface area contributed by atoms with Gasteiger partial charge >= 0.3 is 0 Å². The van der Waals surface area contributed by atoms with E-state index in [9.17, 15) is 31.9 Å². The molecule has 2 aliphatic rings. The molecule has 0 radical (unpaired) electrons. The SMILES string of the molecule is CC(C)(O)CNC(=O)c1nc(C(=O)N2CCC(F)(F)CC2)c(-c2ccc(S(=O)(=O)NC3(C)CC3)c(Cl)c2Cl)s1. The maximum Gasteiger partial charge on any atom is 0.280 e. The zero-order chi connectivity index (χ0) is 29.0. The Morgan fingerprint density at radius 1 is 1.15 bits per heavy atom. The number of hydrogen-bond acceptors (Lipinski definition) is 7. The molecule has 2 amide bonds. The lowest BCUT2D eigenvalue weighted by molar-refractivity contribution is -0.0495. The summed E-state index contributed by atoms with van der Waals surface area (Å²) in [5, 5.41) is 11.9. The number of likely N-dealkylation sites (tertiary alicyclic amines) is 1. The van der Waals surface area contributed by atoms with Gasteiger partial charge in [-0.3, -0.25) is 9.59 Å². The van der Waals surface area contributed by atoms with Crippen molar-refractivity contribution in [3.05, 3.63) is 32.9 Å². The Morgan fingerprint density at radius 3 is 2.33 bits per heavy atom. The van der Waals surface area contributed by atoms with Crippen molar-refractivity contribution < 1.29 is 31.9 Å². The summed E-state index contributed by atoms with van der Waals surface area (Å²) in [5.74, 6) is -4.23. The molecule has 2 aromatic rings. The first-order chi connectivity index (χ1) is 17.9. The van der Waals surface area contributed by atoms with E-state index in [-0.39, 0.29) is 55.7 Å². The summed E-state index contributed by atoms with van der Waals surface area (Å²) in [6, 6.07) is 2.62. The van der Waals surface area contributed by atoms with E-state index in [1.807, 2.05) is 0 Å². The van der Waals surface area contributed by atoms with Gasteiger partial charge in [-0.05, 0) is 39.7 Å². The molecule has 4 rings (SSSR count). The van der Waals surface area contributed by atoms with Gasteiger partial charge in [0, 0.05) is 43.6 Å². The minimum atomic E-state index is -4.00. The van der Waals surface area contributed by atoms with Crippen LogP contribution < -0.4 is 10.0 Å². The van der Waals surface area contributed by atoms with Crippen molar-refractivity contribution in [2.24, 2.45) is 0 Å². The third-order valence-corrected chi connectivity index (χ3v) is 10.2. The Kier molecular flexibility index (Phi) is 8.09. The summed E-state index contributed by atoms with van der Waals surface area (Å²) in [5.41, 5.74) is -1.81. The number of sulfonamides is 1. The number of carbonyl (C=O) groups is 2. The number of thiazole rings is 1. The maximum atomic E-state index is 13.7. The molecule has 2 fully saturated rings. The summed E-state index contributed by atoms with van der Waals surface area (Å²) < 4.78 is 55.9. The molecule has 1 aliphatic carbocycles. The highest BCUT2D eigenvalue weighted by Crippen LogP contribution is 2.43. The Balaban J connectivity index is 1.73. The predicted octanol–water partition coefficient (Wildman–Crippen LogP) is 4.32. The Bertz CT molecular complexity index is 1410. The number of aliphatic hydroxyl groups is 1. The zero-order valence-corrected chi connectivity index (χ0v) is 24.6. The standard InChI is InChI=1S/C24H28Cl2F2N4O5S2/c1-22(2,35)12-29-19(33)20-30-17(21(34)32-10-8-24(27,28)9-11-32)18(38-20)13-4-5-14(16(26)15(13)25)39(36,37)31-23(3)6-7-23/h4-5,31,35H,6-12H2,1-3H3,(H,29,33). The number of alkyl halides is 2. The number of rotatable bonds is 8. The van der Waals surface area contributed by atoms with E-state index in [4.69, 9.17) is 23.2 Å². The van der Waals surface area contributed by atoms with Crippen molar-refractivity contribution in [3.63, 3.8) is 0 Å². The number of nitrogens with zero attached hydrogens (tertiary/aromatic N) is 2. The van der Waals surface area contributed by atoms with Crippen LogP contribution in [0.3, 0.4) is 0 Å². The van der Waals surface area contributed by atoms with Crippen molar-refractivity contribution >= 4 is 56.4 Å². The first kappa shape index (κ1) is 30.1. The molecule has 1 saturated carbocycles. The van der Waals surface area contributed by atoms with Crippen LogP contribution in [0.25, 0.3) is 10.4 Å². The van der Waals surface area contributed by atoms with Crippen LogP contribution in [0, 0.1) is 0 Å². The number of hydrogen-bond donors (Lipinski definition) is 3. The number of aromatic nitrogens is 1. The van der Waals surface area contributed by atoms with Crippen molar-refractivity contribution in [2.45, 2.75) is 68.4 Å². The van der Waals surface area contributed by atoms with Crippen LogP contribution >= 0.6 is 34.5 Å². The molecule has 0 bridgehead atoms. The molecule has 1 aliphatic heterocycles. The first-order valence-corrected chi connectivity index (χ1v) is 15.2. The lowest BCUT2D eigenvalue weighted by Gasteiger charge is -2.31. The fourth-order valence-corrected chi connectivity index (χ4v) is 7.28. The lowest BCUT2D eigenvalue weighted by atomic mass is 10.1. The van der Waals surface area contributed by atoms with Gasteiger partial charge in [0.2, 0.25) is 10.0 Å². The maximum absolute atomic E-state index is 13.7. The number of piperidine rings is 1. The van der Waals surface area contributed by atoms with Crippen LogP contribution in [-0.4, -0.2) is 71.9 Å². The van der Waals surface area contributed by atoms with E-state index >= 15 is 0 Å². The summed E-state index contributed by atoms with van der Waals surface area (Å²) in [6.45, 7) is 4.24. The van der Waals surface area contributed by atoms with Crippen LogP contribution in [0.1, 0.15) is 66.7 Å². The van der Waals surface area contributed by atoms with Crippen molar-refractivity contribution in [3.8, 4) is 10.4 Å². The van der Waals surface area contributed by atoms with Gasteiger partial charge in [-0.15, -0.1) is 11.3 Å². The van der Waals surface area contributed by atoms with Crippen LogP contribution in [0.15, 0.2) is 17.0 Å². The van der Waals surface area contributed by atoms with E-state index in [1.54, 1.807) is 6.92 Å². The smallest absolute Gasteiger partial charge is 0.280 e. The molecular weight excluding hydrogens is 597 g/mol. The van der Waals surface area contributed by atoms with Gasteiger partial charge in [0.05, 0.1) is 20.5 Å². The highest BCUT2D eigenvalue weighted by molar-refractivity contribution is 7.89. The average molecular weight is 626 g/mol. The molecule has 3 N–H and O–H groups in total. The number of amides is 2. The Hall–Kier alpha value is -1.90. The zero-order valence-electron chi connectivity index (χ0n) is 21.4. The van der Waals surface area contributed by atoms with Gasteiger partial charge < -0.3 is 15.3 Å². The van der Waals surface area contributed by atoms with Crippen LogP contribution in [-0.2, 0) is 10.0 Å². The predicted molar refractivity (Wildman–Crippen MR) is 144 cm³/mol. The summed E-state index contributed by atoms with van der Waals surface area (Å²) >= 11 is 13.8. The molecular formula is C24H28Cl2F2N4O5S2. The van der Waals surface area contributed by atoms with Crippen molar-refractivity contribution in [2.75, 3.05) is 19.6 Å². The third kappa shape index (κ3) is 6.88. The van der Waals surface area contributed by atoms with E-state index < -0.39 is 51.7 Å². The van der Waals surface area contributed by atoms with E-state index in [0.29, 0.717) is 12.8 Å². The fourth-order valence-electron chi connectivity index (χ4n) is 3.89. The van der Waals surface area contributed by atoms with E-state index in [0.717, 1.165) is 11.3 Å². The fraction of sp³-hybridized carbons (Fsp3) is 0.542. The molecule has 1 aromatic carbocycles. The quantitative estimate of drug-likeness (QED) is 0.401. The van der Waals surface area contributed by atoms with E-state index in [1.165, 1.54) is 30.9 Å². The normalized spacial score (nSPS) is 18.6. The monoisotopic (exact) mass is 624 g/mol. The Morgan fingerprint density at radius 2 is 1.77 bits per heavy atom. The lowest BCUT2D eigenvalue weighted by Crippen LogP contribution is -2.43. The molecule has 1 saturated heterocycles. The van der Waals surface area contributed by atoms with Crippen molar-refractivity contribution in [1.29, 1.82) is 0 Å². The van der Waals surface area contributed by atoms with E-state index in [2.05, 4.69) is 15.0 Å². The largest absolute Gasteiger partial charge is 0.389 e. The van der Waals surface area contributed by atoms with Gasteiger partial charge in [-0.1, -0.05) is 29.3 Å². The second-order valence-corrected chi connectivity index (χ2v) is 14.2. The molecule has 0 unspecified atom stereocenters. The van der Waals surface area contributed by atoms with Gasteiger partial charge in [-0.25, -0.2) is 26.9 Å². The molecule has 9 nitrogen and oxygen atoms in total. The summed E-state index contributed by atoms with van der Waals surface area (Å²) in [7, 11) is -4.00. The van der Waals surface area contributed by atoms with Crippen molar-refractivity contribution in [1.82, 2.24) is 19.9 Å². The molecule has 0 spiro atoms. The second kappa shape index (κ2) is 10.5. The average Bonchev–Trinajstić information content (AvgIpc) is 3.37. The minimum Gasteiger partial charge on any atom is -0.389 e. The van der Waals surface area contributed by atoms with Gasteiger partial charge in [0.1, 0.15) is 10.6 Å². The molecule has 0 atom stereocenters. The van der Waals surface area contributed by atoms with Crippen LogP contribution in [0.2, 0.25) is 10.0 Å². The molecule has 39 heavy (non-hydrogen) atoms. The molecule has 2 heterocycles. The highest BCUT2D eigenvalue weighted by Gasteiger charge is 2.42. The number of carbonyl (C=O) groups excluding carboxylic acids is 2. The van der Waals surface area contributed by atoms with Crippen LogP contribution in [0.5, 0.6) is 0 Å². The Labute approximate surface area is 238 Å². The summed E-state index contributed by atoms with van der Waals surface area (Å²) in [4.78, 5) is 31.5. The molecule has 1 aromatic heterocycles. The van der Waals surface area contributed by atoms with Crippen LogP contribution in [0.4, 0.5) is 8.78 Å². The second-order valence-electron chi connectivity index (χ2n) is 10.7. The molecule has 214 valence electrons. The van der Waals surface area contributed by atoms with Gasteiger partial charge in [0.15, 0.2) is 5.01 Å². The number of benzene rings is 1. The van der Waals surface area contributed by atoms with Gasteiger partial charge in [0.25, 0.3) is 17.7 Å². The highest BCUT2D eigenvalue weighted by atomic mass is 35.5. The number of nitrogens with one attached hydrogen (secondary N) is 2. The summed E-state index contributed by atoms with van der Waals surface area (Å²) in [6.07, 6.45) is 0.343. The number of halogens is 4. The molecule has 15 heteroatoms. The first-order valence-electron chi connectivity index (χ1n) is 12.1. The minimum absolute atomic E-state index is 0.101. The van der Waals surface area contributed by atoms with Gasteiger partial charge in [-0.2, -0.15) is 0 Å². The third-order valence-electron chi connectivity index (χ3n) is 6.45.